The molecule has 6 heteroatoms. The second kappa shape index (κ2) is 6.02. The Labute approximate surface area is 133 Å². The van der Waals surface area contributed by atoms with Crippen molar-refractivity contribution in [2.45, 2.75) is 19.3 Å². The largest absolute Gasteiger partial charge is 0.550 e. The fourth-order valence-corrected chi connectivity index (χ4v) is 4.08. The minimum Gasteiger partial charge on any atom is -0.550 e. The number of carboxylic acid groups (broad SMARTS) is 1. The zero-order valence-electron chi connectivity index (χ0n) is 12.8. The smallest absolute Gasteiger partial charge is 0.337 e. The molecule has 0 aliphatic heterocycles. The van der Waals surface area contributed by atoms with Crippen LogP contribution in [0.4, 0.5) is 5.69 Å². The molecule has 4 atom stereocenters. The highest BCUT2D eigenvalue weighted by molar-refractivity contribution is 5.97. The third-order valence-electron chi connectivity index (χ3n) is 5.04. The lowest BCUT2D eigenvalue weighted by Crippen LogP contribution is -2.43. The van der Waals surface area contributed by atoms with Crippen molar-refractivity contribution in [1.29, 1.82) is 0 Å². The number of carboxylic acids is 1. The SMILES string of the molecule is COC(=O)c1cccc(NC(=O)[C@H]2[C@@H]3CC[C@@H](C3)[C@@H]2C(=O)[O-])c1. The van der Waals surface area contributed by atoms with Crippen molar-refractivity contribution in [3.05, 3.63) is 29.8 Å². The number of amides is 1. The van der Waals surface area contributed by atoms with Crippen LogP contribution in [0.15, 0.2) is 24.3 Å². The summed E-state index contributed by atoms with van der Waals surface area (Å²) in [4.78, 5) is 35.5. The second-order valence-corrected chi connectivity index (χ2v) is 6.27. The van der Waals surface area contributed by atoms with Crippen molar-refractivity contribution in [1.82, 2.24) is 0 Å². The van der Waals surface area contributed by atoms with Crippen molar-refractivity contribution >= 4 is 23.5 Å². The molecule has 0 radical (unpaired) electrons. The van der Waals surface area contributed by atoms with Gasteiger partial charge >= 0.3 is 5.97 Å². The maximum Gasteiger partial charge on any atom is 0.337 e. The number of methoxy groups -OCH3 is 1. The maximum absolute atomic E-state index is 12.6. The fourth-order valence-electron chi connectivity index (χ4n) is 4.08. The van der Waals surface area contributed by atoms with E-state index in [1.807, 2.05) is 0 Å². The van der Waals surface area contributed by atoms with Gasteiger partial charge < -0.3 is 20.0 Å². The molecule has 122 valence electrons. The van der Waals surface area contributed by atoms with Crippen molar-refractivity contribution < 1.29 is 24.2 Å². The van der Waals surface area contributed by atoms with Crippen LogP contribution in [0.25, 0.3) is 0 Å². The van der Waals surface area contributed by atoms with Crippen LogP contribution in [-0.4, -0.2) is 25.0 Å². The van der Waals surface area contributed by atoms with Gasteiger partial charge in [0.15, 0.2) is 0 Å². The number of aliphatic carboxylic acids is 1. The summed E-state index contributed by atoms with van der Waals surface area (Å²) < 4.78 is 4.65. The molecule has 0 aromatic heterocycles. The summed E-state index contributed by atoms with van der Waals surface area (Å²) in [6, 6.07) is 6.40. The van der Waals surface area contributed by atoms with E-state index in [0.29, 0.717) is 11.3 Å². The van der Waals surface area contributed by atoms with E-state index in [2.05, 4.69) is 10.1 Å². The van der Waals surface area contributed by atoms with Crippen molar-refractivity contribution in [3.8, 4) is 0 Å². The Bertz CT molecular complexity index is 656. The average Bonchev–Trinajstić information content (AvgIpc) is 3.15. The normalized spacial score (nSPS) is 28.4. The maximum atomic E-state index is 12.6. The number of esters is 1. The lowest BCUT2D eigenvalue weighted by atomic mass is 9.78. The first kappa shape index (κ1) is 15.5. The molecule has 0 heterocycles. The van der Waals surface area contributed by atoms with Crippen molar-refractivity contribution in [2.75, 3.05) is 12.4 Å². The molecular weight excluding hydrogens is 298 g/mol. The highest BCUT2D eigenvalue weighted by Crippen LogP contribution is 2.52. The van der Waals surface area contributed by atoms with Gasteiger partial charge in [0.2, 0.25) is 5.91 Å². The van der Waals surface area contributed by atoms with Crippen LogP contribution in [0.2, 0.25) is 0 Å². The molecule has 2 aliphatic rings. The topological polar surface area (TPSA) is 95.5 Å². The van der Waals surface area contributed by atoms with Gasteiger partial charge in [-0.1, -0.05) is 6.07 Å². The van der Waals surface area contributed by atoms with Crippen LogP contribution in [0.1, 0.15) is 29.6 Å². The predicted octanol–water partition coefficient (Wildman–Crippen LogP) is 0.824. The molecule has 0 saturated heterocycles. The highest BCUT2D eigenvalue weighted by atomic mass is 16.5. The second-order valence-electron chi connectivity index (χ2n) is 6.27. The first-order chi connectivity index (χ1) is 11.0. The molecule has 2 fully saturated rings. The van der Waals surface area contributed by atoms with E-state index in [-0.39, 0.29) is 17.7 Å². The Balaban J connectivity index is 1.77. The summed E-state index contributed by atoms with van der Waals surface area (Å²) in [6.45, 7) is 0. The molecule has 3 rings (SSSR count). The van der Waals surface area contributed by atoms with Gasteiger partial charge in [-0.15, -0.1) is 0 Å². The number of benzene rings is 1. The van der Waals surface area contributed by atoms with Crippen molar-refractivity contribution in [3.63, 3.8) is 0 Å². The Morgan fingerprint density at radius 2 is 1.87 bits per heavy atom. The predicted molar refractivity (Wildman–Crippen MR) is 79.2 cm³/mol. The molecule has 1 N–H and O–H groups in total. The van der Waals surface area contributed by atoms with E-state index in [1.54, 1.807) is 18.2 Å². The van der Waals surface area contributed by atoms with Gasteiger partial charge in [-0.05, 0) is 49.3 Å². The number of carbonyl (C=O) groups is 3. The van der Waals surface area contributed by atoms with Gasteiger partial charge in [-0.3, -0.25) is 4.79 Å². The van der Waals surface area contributed by atoms with E-state index in [4.69, 9.17) is 0 Å². The minimum absolute atomic E-state index is 0.0437. The molecule has 2 bridgehead atoms. The fraction of sp³-hybridized carbons (Fsp3) is 0.471. The minimum atomic E-state index is -1.14. The third-order valence-corrected chi connectivity index (χ3v) is 5.04. The molecule has 2 aliphatic carbocycles. The van der Waals surface area contributed by atoms with Crippen LogP contribution >= 0.6 is 0 Å². The molecular formula is C17H18NO5-. The third kappa shape index (κ3) is 2.81. The molecule has 0 spiro atoms. The zero-order chi connectivity index (χ0) is 16.6. The number of ether oxygens (including phenoxy) is 1. The number of anilines is 1. The molecule has 23 heavy (non-hydrogen) atoms. The van der Waals surface area contributed by atoms with E-state index in [1.165, 1.54) is 13.2 Å². The van der Waals surface area contributed by atoms with Gasteiger partial charge in [0.1, 0.15) is 0 Å². The summed E-state index contributed by atoms with van der Waals surface area (Å²) in [7, 11) is 1.29. The number of rotatable bonds is 4. The molecule has 0 unspecified atom stereocenters. The highest BCUT2D eigenvalue weighted by Gasteiger charge is 2.51. The first-order valence-electron chi connectivity index (χ1n) is 7.71. The number of hydrogen-bond acceptors (Lipinski definition) is 5. The summed E-state index contributed by atoms with van der Waals surface area (Å²) in [5, 5.41) is 14.1. The summed E-state index contributed by atoms with van der Waals surface area (Å²) in [6.07, 6.45) is 2.51. The number of fused-ring (bicyclic) bond motifs is 2. The average molecular weight is 316 g/mol. The quantitative estimate of drug-likeness (QED) is 0.830. The number of carbonyl (C=O) groups excluding carboxylic acids is 3. The number of hydrogen-bond donors (Lipinski definition) is 1. The molecule has 1 amide bonds. The Hall–Kier alpha value is -2.37. The van der Waals surface area contributed by atoms with Gasteiger partial charge in [-0.25, -0.2) is 4.79 Å². The summed E-state index contributed by atoms with van der Waals surface area (Å²) in [5.74, 6) is -3.06. The van der Waals surface area contributed by atoms with E-state index in [9.17, 15) is 19.5 Å². The molecule has 2 saturated carbocycles. The monoisotopic (exact) mass is 316 g/mol. The lowest BCUT2D eigenvalue weighted by molar-refractivity contribution is -0.314. The zero-order valence-corrected chi connectivity index (χ0v) is 12.8. The standard InChI is InChI=1S/C17H19NO5/c1-23-17(22)11-3-2-4-12(8-11)18-15(19)13-9-5-6-10(7-9)14(13)16(20)21/h2-4,8-10,13-14H,5-7H2,1H3,(H,18,19)(H,20,21)/p-1/t9-,10+,13+,14+/m1/s1. The van der Waals surface area contributed by atoms with Gasteiger partial charge in [0, 0.05) is 23.5 Å². The molecule has 6 nitrogen and oxygen atoms in total. The Kier molecular flexibility index (Phi) is 4.07. The van der Waals surface area contributed by atoms with E-state index in [0.717, 1.165) is 19.3 Å². The van der Waals surface area contributed by atoms with Crippen LogP contribution in [0, 0.1) is 23.7 Å². The van der Waals surface area contributed by atoms with Crippen LogP contribution in [0.5, 0.6) is 0 Å². The first-order valence-corrected chi connectivity index (χ1v) is 7.71. The van der Waals surface area contributed by atoms with E-state index < -0.39 is 23.8 Å². The lowest BCUT2D eigenvalue weighted by Gasteiger charge is -2.30. The van der Waals surface area contributed by atoms with Gasteiger partial charge in [-0.2, -0.15) is 0 Å². The van der Waals surface area contributed by atoms with Gasteiger partial charge in [0.25, 0.3) is 0 Å². The summed E-state index contributed by atoms with van der Waals surface area (Å²) >= 11 is 0. The molecule has 1 aromatic rings. The van der Waals surface area contributed by atoms with Crippen molar-refractivity contribution in [2.24, 2.45) is 23.7 Å². The summed E-state index contributed by atoms with van der Waals surface area (Å²) in [5.41, 5.74) is 0.785. The Morgan fingerprint density at radius 3 is 2.52 bits per heavy atom. The Morgan fingerprint density at radius 1 is 1.17 bits per heavy atom. The molecule has 1 aromatic carbocycles. The van der Waals surface area contributed by atoms with E-state index >= 15 is 0 Å². The number of nitrogens with one attached hydrogen (secondary N) is 1. The van der Waals surface area contributed by atoms with Gasteiger partial charge in [0.05, 0.1) is 12.7 Å². The van der Waals surface area contributed by atoms with Crippen LogP contribution < -0.4 is 10.4 Å². The van der Waals surface area contributed by atoms with Crippen LogP contribution in [0.3, 0.4) is 0 Å². The van der Waals surface area contributed by atoms with Crippen LogP contribution in [-0.2, 0) is 14.3 Å².